The molecular formula is C7H14N2Na2O5. The topological polar surface area (TPSA) is 122 Å². The summed E-state index contributed by atoms with van der Waals surface area (Å²) < 4.78 is 8.13. The Morgan fingerprint density at radius 1 is 0.812 bits per heavy atom. The quantitative estimate of drug-likeness (QED) is 0.324. The summed E-state index contributed by atoms with van der Waals surface area (Å²) in [5.41, 5.74) is 10.0. The molecule has 0 aromatic heterocycles. The van der Waals surface area contributed by atoms with Crippen LogP contribution in [0.3, 0.4) is 0 Å². The van der Waals surface area contributed by atoms with E-state index >= 15 is 0 Å². The van der Waals surface area contributed by atoms with Crippen LogP contribution in [-0.2, 0) is 19.1 Å². The minimum absolute atomic E-state index is 0. The van der Waals surface area contributed by atoms with Crippen molar-refractivity contribution in [1.82, 2.24) is 0 Å². The van der Waals surface area contributed by atoms with E-state index in [1.807, 2.05) is 0 Å². The Morgan fingerprint density at radius 3 is 1.38 bits per heavy atom. The van der Waals surface area contributed by atoms with Crippen LogP contribution in [0.1, 0.15) is 12.8 Å². The van der Waals surface area contributed by atoms with Gasteiger partial charge < -0.3 is 20.9 Å². The fraction of sp³-hybridized carbons (Fsp3) is 0.571. The zero-order chi connectivity index (χ0) is 11.0. The molecule has 0 aliphatic carbocycles. The third-order valence-electron chi connectivity index (χ3n) is 1.09. The maximum absolute atomic E-state index is 10.7. The van der Waals surface area contributed by atoms with Gasteiger partial charge in [-0.1, -0.05) is 0 Å². The molecule has 9 heteroatoms. The molecule has 0 aromatic rings. The molecule has 0 radical (unpaired) electrons. The SMILES string of the molecule is NCCC(=O)OC(=O)OC(=O)CCN.[NaH].[NaH]. The molecule has 16 heavy (non-hydrogen) atoms. The molecule has 0 rings (SSSR count). The molecule has 0 fully saturated rings. The first-order valence-electron chi connectivity index (χ1n) is 3.95. The first-order chi connectivity index (χ1) is 6.60. The summed E-state index contributed by atoms with van der Waals surface area (Å²) in [6, 6.07) is 0. The van der Waals surface area contributed by atoms with Crippen LogP contribution in [0.4, 0.5) is 4.79 Å². The van der Waals surface area contributed by atoms with E-state index in [-0.39, 0.29) is 85.0 Å². The molecule has 0 aliphatic heterocycles. The van der Waals surface area contributed by atoms with Gasteiger partial charge in [0, 0.05) is 13.1 Å². The van der Waals surface area contributed by atoms with E-state index in [2.05, 4.69) is 9.47 Å². The average molecular weight is 252 g/mol. The second-order valence-corrected chi connectivity index (χ2v) is 2.28. The van der Waals surface area contributed by atoms with Crippen LogP contribution >= 0.6 is 0 Å². The van der Waals surface area contributed by atoms with Crippen LogP contribution in [0.2, 0.25) is 0 Å². The van der Waals surface area contributed by atoms with Crippen molar-refractivity contribution in [2.45, 2.75) is 12.8 Å². The molecule has 0 atom stereocenters. The third kappa shape index (κ3) is 12.6. The summed E-state index contributed by atoms with van der Waals surface area (Å²) >= 11 is 0. The second kappa shape index (κ2) is 13.6. The number of rotatable bonds is 4. The molecule has 0 bridgehead atoms. The van der Waals surface area contributed by atoms with Crippen molar-refractivity contribution in [2.24, 2.45) is 11.5 Å². The first kappa shape index (κ1) is 21.8. The van der Waals surface area contributed by atoms with Gasteiger partial charge in [-0.05, 0) is 0 Å². The zero-order valence-corrected chi connectivity index (χ0v) is 7.52. The Morgan fingerprint density at radius 2 is 1.12 bits per heavy atom. The first-order valence-corrected chi connectivity index (χ1v) is 3.95. The zero-order valence-electron chi connectivity index (χ0n) is 7.52. The van der Waals surface area contributed by atoms with Crippen LogP contribution in [0.5, 0.6) is 0 Å². The van der Waals surface area contributed by atoms with Crippen LogP contribution in [0, 0.1) is 0 Å². The van der Waals surface area contributed by atoms with Crippen molar-refractivity contribution in [1.29, 1.82) is 0 Å². The molecule has 7 nitrogen and oxygen atoms in total. The van der Waals surface area contributed by atoms with Crippen LogP contribution in [0.15, 0.2) is 0 Å². The standard InChI is InChI=1S/C7H12N2O5.2Na.2H/c8-3-1-5(10)13-7(12)14-6(11)2-4-9;;;;/h1-4,8-9H2;;;;. The van der Waals surface area contributed by atoms with E-state index in [0.29, 0.717) is 0 Å². The molecule has 0 saturated heterocycles. The maximum atomic E-state index is 10.7. The third-order valence-corrected chi connectivity index (χ3v) is 1.09. The fourth-order valence-electron chi connectivity index (χ4n) is 0.544. The Kier molecular flexibility index (Phi) is 18.5. The van der Waals surface area contributed by atoms with Crippen molar-refractivity contribution in [3.63, 3.8) is 0 Å². The molecule has 84 valence electrons. The van der Waals surface area contributed by atoms with E-state index in [9.17, 15) is 14.4 Å². The summed E-state index contributed by atoms with van der Waals surface area (Å²) in [7, 11) is 0. The number of ether oxygens (including phenoxy) is 2. The van der Waals surface area contributed by atoms with Gasteiger partial charge in [-0.2, -0.15) is 0 Å². The van der Waals surface area contributed by atoms with Gasteiger partial charge in [0.1, 0.15) is 0 Å². The minimum atomic E-state index is -1.35. The van der Waals surface area contributed by atoms with Gasteiger partial charge in [0.2, 0.25) is 0 Å². The molecule has 0 saturated carbocycles. The molecule has 4 N–H and O–H groups in total. The molecule has 0 heterocycles. The normalized spacial score (nSPS) is 8.12. The molecule has 0 spiro atoms. The number of hydrogen-bond donors (Lipinski definition) is 2. The molecule has 0 aliphatic rings. The van der Waals surface area contributed by atoms with Crippen molar-refractivity contribution < 1.29 is 23.9 Å². The number of hydrogen-bond acceptors (Lipinski definition) is 7. The van der Waals surface area contributed by atoms with Crippen LogP contribution < -0.4 is 11.5 Å². The average Bonchev–Trinajstić information content (AvgIpc) is 2.03. The van der Waals surface area contributed by atoms with Gasteiger partial charge in [0.05, 0.1) is 12.8 Å². The molecular weight excluding hydrogens is 238 g/mol. The van der Waals surface area contributed by atoms with E-state index in [4.69, 9.17) is 11.5 Å². The monoisotopic (exact) mass is 252 g/mol. The fourth-order valence-corrected chi connectivity index (χ4v) is 0.544. The Hall–Kier alpha value is 0.530. The molecule has 0 amide bonds. The van der Waals surface area contributed by atoms with Gasteiger partial charge >= 0.3 is 77.2 Å². The predicted molar refractivity (Wildman–Crippen MR) is 59.2 cm³/mol. The predicted octanol–water partition coefficient (Wildman–Crippen LogP) is -2.41. The number of carbonyl (C=O) groups is 3. The van der Waals surface area contributed by atoms with E-state index < -0.39 is 18.1 Å². The van der Waals surface area contributed by atoms with E-state index in [0.717, 1.165) is 0 Å². The van der Waals surface area contributed by atoms with Crippen molar-refractivity contribution in [3.8, 4) is 0 Å². The van der Waals surface area contributed by atoms with Crippen molar-refractivity contribution in [3.05, 3.63) is 0 Å². The number of carbonyl (C=O) groups excluding carboxylic acids is 3. The van der Waals surface area contributed by atoms with Gasteiger partial charge in [-0.15, -0.1) is 0 Å². The summed E-state index contributed by atoms with van der Waals surface area (Å²) in [6.45, 7) is 0.117. The Balaban J connectivity index is -0.000000845. The van der Waals surface area contributed by atoms with E-state index in [1.165, 1.54) is 0 Å². The van der Waals surface area contributed by atoms with E-state index in [1.54, 1.807) is 0 Å². The number of esters is 2. The summed E-state index contributed by atoms with van der Waals surface area (Å²) in [5, 5.41) is 0. The van der Waals surface area contributed by atoms with Gasteiger partial charge in [-0.25, -0.2) is 4.79 Å². The van der Waals surface area contributed by atoms with Gasteiger partial charge in [0.25, 0.3) is 0 Å². The van der Waals surface area contributed by atoms with Crippen LogP contribution in [0.25, 0.3) is 0 Å². The molecule has 0 aromatic carbocycles. The Bertz CT molecular complexity index is 215. The summed E-state index contributed by atoms with van der Waals surface area (Å²) in [4.78, 5) is 32.0. The van der Waals surface area contributed by atoms with Crippen LogP contribution in [-0.4, -0.2) is 90.3 Å². The number of nitrogens with two attached hydrogens (primary N) is 2. The summed E-state index contributed by atoms with van der Waals surface area (Å²) in [6.07, 6.45) is -1.57. The van der Waals surface area contributed by atoms with Crippen molar-refractivity contribution in [2.75, 3.05) is 13.1 Å². The van der Waals surface area contributed by atoms with Crippen molar-refractivity contribution >= 4 is 77.2 Å². The van der Waals surface area contributed by atoms with Gasteiger partial charge in [0.15, 0.2) is 0 Å². The second-order valence-electron chi connectivity index (χ2n) is 2.28. The Labute approximate surface area is 137 Å². The molecule has 0 unspecified atom stereocenters. The summed E-state index contributed by atoms with van der Waals surface area (Å²) in [5.74, 6) is -1.67. The van der Waals surface area contributed by atoms with Gasteiger partial charge in [-0.3, -0.25) is 9.59 Å².